The van der Waals surface area contributed by atoms with Crippen molar-refractivity contribution in [2.45, 2.75) is 20.4 Å². The van der Waals surface area contributed by atoms with E-state index < -0.39 is 0 Å². The van der Waals surface area contributed by atoms with E-state index in [1.165, 1.54) is 5.56 Å². The zero-order valence-corrected chi connectivity index (χ0v) is 11.1. The van der Waals surface area contributed by atoms with E-state index in [2.05, 4.69) is 41.7 Å². The van der Waals surface area contributed by atoms with Gasteiger partial charge in [-0.15, -0.1) is 0 Å². The van der Waals surface area contributed by atoms with Crippen LogP contribution in [0.2, 0.25) is 0 Å². The van der Waals surface area contributed by atoms with E-state index in [1.54, 1.807) is 6.07 Å². The topological polar surface area (TPSA) is 23.5 Å². The molecule has 3 heteroatoms. The Morgan fingerprint density at radius 3 is 2.60 bits per heavy atom. The molecule has 0 aromatic heterocycles. The van der Waals surface area contributed by atoms with Crippen LogP contribution in [0.4, 0.5) is 0 Å². The van der Waals surface area contributed by atoms with Gasteiger partial charge in [0.25, 0.3) is 0 Å². The van der Waals surface area contributed by atoms with Crippen LogP contribution in [0.15, 0.2) is 22.7 Å². The molecule has 0 amide bonds. The lowest BCUT2D eigenvalue weighted by Gasteiger charge is -2.19. The molecular formula is C12H18BrNO. The van der Waals surface area contributed by atoms with Gasteiger partial charge in [-0.3, -0.25) is 0 Å². The molecule has 1 N–H and O–H groups in total. The lowest BCUT2D eigenvalue weighted by atomic mass is 10.1. The highest BCUT2D eigenvalue weighted by atomic mass is 79.9. The summed E-state index contributed by atoms with van der Waals surface area (Å²) in [6.45, 7) is 6.42. The Hall–Kier alpha value is -0.540. The Kier molecular flexibility index (Phi) is 4.61. The fourth-order valence-electron chi connectivity index (χ4n) is 1.65. The SMILES string of the molecule is CC(C)CN(C)Cc1ccc(O)c(Br)c1. The fourth-order valence-corrected chi connectivity index (χ4v) is 2.07. The maximum absolute atomic E-state index is 9.36. The second kappa shape index (κ2) is 5.52. The summed E-state index contributed by atoms with van der Waals surface area (Å²) in [6.07, 6.45) is 0. The number of rotatable bonds is 4. The molecule has 0 heterocycles. The summed E-state index contributed by atoms with van der Waals surface area (Å²) in [5.41, 5.74) is 1.21. The van der Waals surface area contributed by atoms with Crippen LogP contribution in [-0.2, 0) is 6.54 Å². The standard InChI is InChI=1S/C12H18BrNO/c1-9(2)7-14(3)8-10-4-5-12(15)11(13)6-10/h4-6,9,15H,7-8H2,1-3H3. The molecule has 1 aromatic carbocycles. The molecule has 0 atom stereocenters. The number of phenols is 1. The number of phenolic OH excluding ortho intramolecular Hbond substituents is 1. The van der Waals surface area contributed by atoms with E-state index in [1.807, 2.05) is 12.1 Å². The molecule has 0 aliphatic heterocycles. The predicted molar refractivity (Wildman–Crippen MR) is 67.0 cm³/mol. The van der Waals surface area contributed by atoms with Gasteiger partial charge in [0.1, 0.15) is 5.75 Å². The molecule has 1 aromatic rings. The molecular weight excluding hydrogens is 254 g/mol. The summed E-state index contributed by atoms with van der Waals surface area (Å²) in [4.78, 5) is 2.28. The van der Waals surface area contributed by atoms with Crippen LogP contribution >= 0.6 is 15.9 Å². The van der Waals surface area contributed by atoms with Crippen molar-refractivity contribution in [3.8, 4) is 5.75 Å². The van der Waals surface area contributed by atoms with E-state index in [-0.39, 0.29) is 0 Å². The van der Waals surface area contributed by atoms with Gasteiger partial charge < -0.3 is 10.0 Å². The molecule has 0 aliphatic carbocycles. The molecule has 0 bridgehead atoms. The lowest BCUT2D eigenvalue weighted by Crippen LogP contribution is -2.22. The van der Waals surface area contributed by atoms with Gasteiger partial charge in [-0.2, -0.15) is 0 Å². The summed E-state index contributed by atoms with van der Waals surface area (Å²) in [5, 5.41) is 9.36. The molecule has 0 spiro atoms. The van der Waals surface area contributed by atoms with Gasteiger partial charge in [0.2, 0.25) is 0 Å². The normalized spacial score (nSPS) is 11.3. The Labute approximate surface area is 100 Å². The van der Waals surface area contributed by atoms with Crippen molar-refractivity contribution in [1.29, 1.82) is 0 Å². The molecule has 0 unspecified atom stereocenters. The van der Waals surface area contributed by atoms with Gasteiger partial charge in [0.05, 0.1) is 4.47 Å². The van der Waals surface area contributed by atoms with Crippen LogP contribution < -0.4 is 0 Å². The van der Waals surface area contributed by atoms with Crippen molar-refractivity contribution < 1.29 is 5.11 Å². The van der Waals surface area contributed by atoms with E-state index in [0.29, 0.717) is 11.7 Å². The van der Waals surface area contributed by atoms with Gasteiger partial charge in [-0.25, -0.2) is 0 Å². The van der Waals surface area contributed by atoms with Crippen molar-refractivity contribution >= 4 is 15.9 Å². The average molecular weight is 272 g/mol. The number of benzene rings is 1. The minimum atomic E-state index is 0.297. The lowest BCUT2D eigenvalue weighted by molar-refractivity contribution is 0.288. The number of halogens is 1. The second-order valence-electron chi connectivity index (χ2n) is 4.38. The molecule has 0 aliphatic rings. The first kappa shape index (κ1) is 12.5. The Bertz CT molecular complexity index is 325. The zero-order valence-electron chi connectivity index (χ0n) is 9.50. The fraction of sp³-hybridized carbons (Fsp3) is 0.500. The molecule has 15 heavy (non-hydrogen) atoms. The first-order chi connectivity index (χ1) is 6.99. The third-order valence-corrected chi connectivity index (χ3v) is 2.78. The predicted octanol–water partition coefficient (Wildman–Crippen LogP) is 3.24. The minimum absolute atomic E-state index is 0.297. The number of nitrogens with zero attached hydrogens (tertiary/aromatic N) is 1. The minimum Gasteiger partial charge on any atom is -0.507 e. The number of aromatic hydroxyl groups is 1. The van der Waals surface area contributed by atoms with Crippen LogP contribution in [0.1, 0.15) is 19.4 Å². The Morgan fingerprint density at radius 2 is 2.07 bits per heavy atom. The summed E-state index contributed by atoms with van der Waals surface area (Å²) >= 11 is 3.32. The van der Waals surface area contributed by atoms with Crippen molar-refractivity contribution in [3.05, 3.63) is 28.2 Å². The largest absolute Gasteiger partial charge is 0.507 e. The van der Waals surface area contributed by atoms with Crippen molar-refractivity contribution in [2.24, 2.45) is 5.92 Å². The van der Waals surface area contributed by atoms with Gasteiger partial charge >= 0.3 is 0 Å². The maximum atomic E-state index is 9.36. The third kappa shape index (κ3) is 4.22. The van der Waals surface area contributed by atoms with Crippen molar-refractivity contribution in [3.63, 3.8) is 0 Å². The Morgan fingerprint density at radius 1 is 1.40 bits per heavy atom. The van der Waals surface area contributed by atoms with Crippen LogP contribution in [0.3, 0.4) is 0 Å². The first-order valence-electron chi connectivity index (χ1n) is 5.15. The molecule has 1 rings (SSSR count). The average Bonchev–Trinajstić information content (AvgIpc) is 2.10. The highest BCUT2D eigenvalue weighted by molar-refractivity contribution is 9.10. The van der Waals surface area contributed by atoms with E-state index in [0.717, 1.165) is 17.6 Å². The van der Waals surface area contributed by atoms with Crippen LogP contribution in [0.25, 0.3) is 0 Å². The number of hydrogen-bond acceptors (Lipinski definition) is 2. The first-order valence-corrected chi connectivity index (χ1v) is 5.94. The number of hydrogen-bond donors (Lipinski definition) is 1. The maximum Gasteiger partial charge on any atom is 0.129 e. The van der Waals surface area contributed by atoms with Gasteiger partial charge in [0.15, 0.2) is 0 Å². The second-order valence-corrected chi connectivity index (χ2v) is 5.23. The van der Waals surface area contributed by atoms with Crippen molar-refractivity contribution in [1.82, 2.24) is 4.90 Å². The highest BCUT2D eigenvalue weighted by Crippen LogP contribution is 2.24. The quantitative estimate of drug-likeness (QED) is 0.909. The molecule has 0 saturated carbocycles. The van der Waals surface area contributed by atoms with Gasteiger partial charge in [-0.05, 0) is 46.6 Å². The molecule has 2 nitrogen and oxygen atoms in total. The monoisotopic (exact) mass is 271 g/mol. The highest BCUT2D eigenvalue weighted by Gasteiger charge is 2.04. The van der Waals surface area contributed by atoms with Crippen LogP contribution in [0.5, 0.6) is 5.75 Å². The van der Waals surface area contributed by atoms with Crippen LogP contribution in [-0.4, -0.2) is 23.6 Å². The van der Waals surface area contributed by atoms with E-state index in [4.69, 9.17) is 0 Å². The summed E-state index contributed by atoms with van der Waals surface area (Å²) in [5.74, 6) is 0.973. The molecule has 84 valence electrons. The summed E-state index contributed by atoms with van der Waals surface area (Å²) < 4.78 is 0.762. The summed E-state index contributed by atoms with van der Waals surface area (Å²) in [6, 6.07) is 5.64. The van der Waals surface area contributed by atoms with Crippen molar-refractivity contribution in [2.75, 3.05) is 13.6 Å². The zero-order chi connectivity index (χ0) is 11.4. The Balaban J connectivity index is 2.60. The van der Waals surface area contributed by atoms with Gasteiger partial charge in [-0.1, -0.05) is 19.9 Å². The van der Waals surface area contributed by atoms with Gasteiger partial charge in [0, 0.05) is 13.1 Å². The molecule has 0 saturated heterocycles. The molecule has 0 fully saturated rings. The third-order valence-electron chi connectivity index (χ3n) is 2.14. The molecule has 0 radical (unpaired) electrons. The summed E-state index contributed by atoms with van der Waals surface area (Å²) in [7, 11) is 2.11. The smallest absolute Gasteiger partial charge is 0.129 e. The van der Waals surface area contributed by atoms with E-state index in [9.17, 15) is 5.11 Å². The van der Waals surface area contributed by atoms with E-state index >= 15 is 0 Å². The van der Waals surface area contributed by atoms with Crippen LogP contribution in [0, 0.1) is 5.92 Å².